The molecule has 0 fully saturated rings. The van der Waals surface area contributed by atoms with Crippen LogP contribution in [0.4, 0.5) is 5.69 Å². The number of nitrogens with one attached hydrogen (secondary N) is 2. The Morgan fingerprint density at radius 1 is 1.18 bits per heavy atom. The minimum absolute atomic E-state index is 0.176. The van der Waals surface area contributed by atoms with E-state index in [0.29, 0.717) is 5.69 Å². The zero-order valence-corrected chi connectivity index (χ0v) is 14.8. The lowest BCUT2D eigenvalue weighted by molar-refractivity contribution is -0.111. The highest BCUT2D eigenvalue weighted by molar-refractivity contribution is 6.00. The Kier molecular flexibility index (Phi) is 4.90. The summed E-state index contributed by atoms with van der Waals surface area (Å²) in [6.07, 6.45) is 9.58. The molecule has 0 radical (unpaired) electrons. The third kappa shape index (κ3) is 3.65. The summed E-state index contributed by atoms with van der Waals surface area (Å²) in [7, 11) is 0. The van der Waals surface area contributed by atoms with Gasteiger partial charge in [-0.05, 0) is 29.8 Å². The number of aromatic amines is 1. The number of hydrogen-bond donors (Lipinski definition) is 3. The molecule has 3 heterocycles. The van der Waals surface area contributed by atoms with Crippen molar-refractivity contribution in [3.8, 4) is 22.4 Å². The van der Waals surface area contributed by atoms with Gasteiger partial charge in [0.15, 0.2) is 0 Å². The van der Waals surface area contributed by atoms with Crippen molar-refractivity contribution < 1.29 is 9.90 Å². The third-order valence-corrected chi connectivity index (χ3v) is 4.23. The molecule has 0 atom stereocenters. The molecule has 0 saturated heterocycles. The fourth-order valence-electron chi connectivity index (χ4n) is 2.94. The average molecular weight is 371 g/mol. The van der Waals surface area contributed by atoms with Gasteiger partial charge in [0, 0.05) is 46.9 Å². The number of carbonyl (C=O) groups excluding carboxylic acids is 1. The summed E-state index contributed by atoms with van der Waals surface area (Å²) in [6, 6.07) is 11.4. The van der Waals surface area contributed by atoms with Gasteiger partial charge in [0.05, 0.1) is 12.3 Å². The molecule has 28 heavy (non-hydrogen) atoms. The maximum absolute atomic E-state index is 11.8. The second kappa shape index (κ2) is 7.81. The van der Waals surface area contributed by atoms with Gasteiger partial charge in [0.25, 0.3) is 0 Å². The third-order valence-electron chi connectivity index (χ3n) is 4.23. The molecule has 0 bridgehead atoms. The summed E-state index contributed by atoms with van der Waals surface area (Å²) < 4.78 is 0. The molecule has 4 aromatic rings. The summed E-state index contributed by atoms with van der Waals surface area (Å²) in [6.45, 7) is -0.176. The molecular formula is C21H17N5O2. The molecule has 4 rings (SSSR count). The molecule has 7 nitrogen and oxygen atoms in total. The van der Waals surface area contributed by atoms with E-state index in [-0.39, 0.29) is 12.5 Å². The molecule has 138 valence electrons. The van der Waals surface area contributed by atoms with Crippen LogP contribution in [-0.4, -0.2) is 37.6 Å². The normalized spacial score (nSPS) is 11.2. The second-order valence-corrected chi connectivity index (χ2v) is 6.07. The molecule has 0 aliphatic carbocycles. The first-order valence-electron chi connectivity index (χ1n) is 8.67. The van der Waals surface area contributed by atoms with Crippen LogP contribution in [0.2, 0.25) is 0 Å². The molecule has 3 N–H and O–H groups in total. The Morgan fingerprint density at radius 3 is 2.93 bits per heavy atom. The Balaban J connectivity index is 1.69. The number of anilines is 1. The van der Waals surface area contributed by atoms with Crippen LogP contribution in [0.1, 0.15) is 0 Å². The van der Waals surface area contributed by atoms with Crippen molar-refractivity contribution in [1.29, 1.82) is 0 Å². The van der Waals surface area contributed by atoms with Gasteiger partial charge < -0.3 is 15.4 Å². The van der Waals surface area contributed by atoms with Crippen LogP contribution in [0.15, 0.2) is 73.5 Å². The van der Waals surface area contributed by atoms with Crippen LogP contribution in [0.3, 0.4) is 0 Å². The fraction of sp³-hybridized carbons (Fsp3) is 0.0476. The molecule has 0 saturated carbocycles. The van der Waals surface area contributed by atoms with Crippen molar-refractivity contribution in [2.45, 2.75) is 0 Å². The van der Waals surface area contributed by atoms with Gasteiger partial charge in [-0.1, -0.05) is 18.2 Å². The molecule has 7 heteroatoms. The van der Waals surface area contributed by atoms with E-state index in [0.717, 1.165) is 33.4 Å². The van der Waals surface area contributed by atoms with E-state index < -0.39 is 0 Å². The van der Waals surface area contributed by atoms with E-state index in [2.05, 4.69) is 25.3 Å². The van der Waals surface area contributed by atoms with Crippen LogP contribution >= 0.6 is 0 Å². The average Bonchev–Trinajstić information content (AvgIpc) is 3.16. The van der Waals surface area contributed by atoms with Crippen LogP contribution in [0.25, 0.3) is 33.4 Å². The number of fused-ring (bicyclic) bond motifs is 1. The number of carbonyl (C=O) groups is 1. The zero-order chi connectivity index (χ0) is 19.3. The van der Waals surface area contributed by atoms with Crippen LogP contribution < -0.4 is 5.32 Å². The van der Waals surface area contributed by atoms with Gasteiger partial charge in [0.1, 0.15) is 12.0 Å². The maximum atomic E-state index is 11.8. The molecule has 1 aromatic carbocycles. The number of rotatable bonds is 5. The minimum Gasteiger partial charge on any atom is -0.392 e. The summed E-state index contributed by atoms with van der Waals surface area (Å²) >= 11 is 0. The standard InChI is InChI=1S/C21H17N5O2/c27-8-2-5-20(28)26-16-4-1-3-14(9-16)15-10-17-18(12-24-21(17)23-11-15)19-6-7-22-13-25-19/h1-7,9-13,27H,8H2,(H,23,24)(H,26,28). The Hall–Kier alpha value is -3.84. The van der Waals surface area contributed by atoms with Crippen molar-refractivity contribution in [3.63, 3.8) is 0 Å². The number of aromatic nitrogens is 4. The number of H-pyrrole nitrogens is 1. The first-order valence-corrected chi connectivity index (χ1v) is 8.67. The summed E-state index contributed by atoms with van der Waals surface area (Å²) in [5.41, 5.74) is 5.05. The highest BCUT2D eigenvalue weighted by Gasteiger charge is 2.10. The van der Waals surface area contributed by atoms with Gasteiger partial charge in [-0.15, -0.1) is 0 Å². The van der Waals surface area contributed by atoms with Crippen molar-refractivity contribution in [3.05, 3.63) is 73.5 Å². The summed E-state index contributed by atoms with van der Waals surface area (Å²) in [5.74, 6) is -0.295. The maximum Gasteiger partial charge on any atom is 0.248 e. The van der Waals surface area contributed by atoms with Gasteiger partial charge in [-0.2, -0.15) is 0 Å². The van der Waals surface area contributed by atoms with Crippen molar-refractivity contribution in [1.82, 2.24) is 19.9 Å². The van der Waals surface area contributed by atoms with Crippen LogP contribution in [0, 0.1) is 0 Å². The van der Waals surface area contributed by atoms with Crippen molar-refractivity contribution >= 4 is 22.6 Å². The number of benzene rings is 1. The number of aliphatic hydroxyl groups excluding tert-OH is 1. The van der Waals surface area contributed by atoms with Crippen molar-refractivity contribution in [2.75, 3.05) is 11.9 Å². The zero-order valence-electron chi connectivity index (χ0n) is 14.8. The van der Waals surface area contributed by atoms with E-state index >= 15 is 0 Å². The van der Waals surface area contributed by atoms with Crippen molar-refractivity contribution in [2.24, 2.45) is 0 Å². The van der Waals surface area contributed by atoms with Crippen LogP contribution in [-0.2, 0) is 4.79 Å². The molecule has 0 unspecified atom stereocenters. The quantitative estimate of drug-likeness (QED) is 0.468. The van der Waals surface area contributed by atoms with Gasteiger partial charge in [-0.3, -0.25) is 4.79 Å². The summed E-state index contributed by atoms with van der Waals surface area (Å²) in [4.78, 5) is 27.8. The van der Waals surface area contributed by atoms with E-state index in [1.54, 1.807) is 12.4 Å². The second-order valence-electron chi connectivity index (χ2n) is 6.07. The smallest absolute Gasteiger partial charge is 0.248 e. The van der Waals surface area contributed by atoms with Crippen LogP contribution in [0.5, 0.6) is 0 Å². The highest BCUT2D eigenvalue weighted by atomic mass is 16.2. The molecule has 3 aromatic heterocycles. The predicted octanol–water partition coefficient (Wildman–Crippen LogP) is 3.17. The molecular weight excluding hydrogens is 354 g/mol. The van der Waals surface area contributed by atoms with E-state index in [9.17, 15) is 4.79 Å². The number of amides is 1. The lowest BCUT2D eigenvalue weighted by Gasteiger charge is -2.07. The molecule has 0 aliphatic heterocycles. The van der Waals surface area contributed by atoms with Gasteiger partial charge in [0.2, 0.25) is 5.91 Å². The Labute approximate surface area is 160 Å². The minimum atomic E-state index is -0.295. The molecule has 0 spiro atoms. The van der Waals surface area contributed by atoms with Gasteiger partial charge >= 0.3 is 0 Å². The number of pyridine rings is 1. The molecule has 1 amide bonds. The van der Waals surface area contributed by atoms with E-state index in [1.807, 2.05) is 42.6 Å². The Bertz CT molecular complexity index is 1150. The first kappa shape index (κ1) is 17.6. The monoisotopic (exact) mass is 371 g/mol. The van der Waals surface area contributed by atoms with E-state index in [1.165, 1.54) is 18.5 Å². The Morgan fingerprint density at radius 2 is 2.11 bits per heavy atom. The highest BCUT2D eigenvalue weighted by Crippen LogP contribution is 2.30. The topological polar surface area (TPSA) is 104 Å². The van der Waals surface area contributed by atoms with Gasteiger partial charge in [-0.25, -0.2) is 15.0 Å². The lowest BCUT2D eigenvalue weighted by atomic mass is 10.0. The summed E-state index contributed by atoms with van der Waals surface area (Å²) in [5, 5.41) is 12.5. The SMILES string of the molecule is O=C(C=CCO)Nc1cccc(-c2cnc3[nH]cc(-c4ccncn4)c3c2)c1. The fourth-order valence-corrected chi connectivity index (χ4v) is 2.94. The predicted molar refractivity (Wildman–Crippen MR) is 107 cm³/mol. The lowest BCUT2D eigenvalue weighted by Crippen LogP contribution is -2.07. The number of nitrogens with zero attached hydrogens (tertiary/aromatic N) is 3. The number of aliphatic hydroxyl groups is 1. The van der Waals surface area contributed by atoms with E-state index in [4.69, 9.17) is 5.11 Å². The first-order chi connectivity index (χ1) is 13.7. The largest absolute Gasteiger partial charge is 0.392 e. The molecule has 0 aliphatic rings. The number of hydrogen-bond acceptors (Lipinski definition) is 5.